The second-order valence-corrected chi connectivity index (χ2v) is 3.53. The monoisotopic (exact) mass is 236 g/mol. The summed E-state index contributed by atoms with van der Waals surface area (Å²) in [7, 11) is -0.837. The summed E-state index contributed by atoms with van der Waals surface area (Å²) >= 11 is 0. The summed E-state index contributed by atoms with van der Waals surface area (Å²) < 4.78 is 10.4. The number of aliphatic carboxylic acids is 3. The van der Waals surface area contributed by atoms with Crippen LogP contribution in [0.1, 0.15) is 12.8 Å². The van der Waals surface area contributed by atoms with E-state index < -0.39 is 44.4 Å². The van der Waals surface area contributed by atoms with E-state index in [1.54, 1.807) is 0 Å². The van der Waals surface area contributed by atoms with Crippen LogP contribution in [-0.4, -0.2) is 38.9 Å². The molecule has 0 aliphatic rings. The van der Waals surface area contributed by atoms with Gasteiger partial charge in [0.25, 0.3) is 0 Å². The van der Waals surface area contributed by atoms with Crippen molar-refractivity contribution in [2.45, 2.75) is 18.5 Å². The maximum Gasteiger partial charge on any atom is 0.319 e. The first-order valence-electron chi connectivity index (χ1n) is 3.90. The zero-order valence-electron chi connectivity index (χ0n) is 7.49. The molecule has 0 aromatic carbocycles. The van der Waals surface area contributed by atoms with Crippen LogP contribution in [0.25, 0.3) is 0 Å². The largest absolute Gasteiger partial charge is 0.481 e. The summed E-state index contributed by atoms with van der Waals surface area (Å²) in [6.07, 6.45) is -0.840. The van der Waals surface area contributed by atoms with Gasteiger partial charge in [-0.05, 0) is 6.42 Å². The van der Waals surface area contributed by atoms with Crippen molar-refractivity contribution in [2.75, 3.05) is 0 Å². The van der Waals surface area contributed by atoms with E-state index in [-0.39, 0.29) is 6.42 Å². The second kappa shape index (κ2) is 6.08. The van der Waals surface area contributed by atoms with Gasteiger partial charge >= 0.3 is 17.9 Å². The van der Waals surface area contributed by atoms with Crippen LogP contribution < -0.4 is 0 Å². The highest BCUT2D eigenvalue weighted by atomic mass is 31.1. The average molecular weight is 236 g/mol. The third-order valence-electron chi connectivity index (χ3n) is 1.73. The molecule has 84 valence electrons. The van der Waals surface area contributed by atoms with E-state index in [9.17, 15) is 18.9 Å². The minimum absolute atomic E-state index is 0.364. The molecular weight excluding hydrogens is 227 g/mol. The molecule has 0 aromatic rings. The zero-order chi connectivity index (χ0) is 12.0. The number of hydrogen-bond acceptors (Lipinski definition) is 4. The third kappa shape index (κ3) is 4.51. The molecule has 7 nitrogen and oxygen atoms in total. The fourth-order valence-electron chi connectivity index (χ4n) is 0.986. The van der Waals surface area contributed by atoms with Crippen LogP contribution in [0.5, 0.6) is 0 Å². The Morgan fingerprint density at radius 3 is 1.87 bits per heavy atom. The molecule has 15 heavy (non-hydrogen) atoms. The Balaban J connectivity index is 4.63. The van der Waals surface area contributed by atoms with Gasteiger partial charge < -0.3 is 15.3 Å². The van der Waals surface area contributed by atoms with E-state index in [4.69, 9.17) is 15.3 Å². The molecule has 8 heteroatoms. The maximum absolute atomic E-state index is 10.6. The van der Waals surface area contributed by atoms with Gasteiger partial charge in [0.1, 0.15) is 0 Å². The van der Waals surface area contributed by atoms with Gasteiger partial charge in [-0.3, -0.25) is 18.9 Å². The number of carboxylic acid groups (broad SMARTS) is 3. The van der Waals surface area contributed by atoms with Gasteiger partial charge in [-0.1, -0.05) is 0 Å². The summed E-state index contributed by atoms with van der Waals surface area (Å²) in [6.45, 7) is 0. The molecule has 2 atom stereocenters. The molecule has 0 radical (unpaired) electrons. The van der Waals surface area contributed by atoms with Crippen molar-refractivity contribution < 1.29 is 34.3 Å². The minimum atomic E-state index is -1.61. The highest BCUT2D eigenvalue weighted by Gasteiger charge is 2.34. The van der Waals surface area contributed by atoms with E-state index in [2.05, 4.69) is 0 Å². The van der Waals surface area contributed by atoms with Gasteiger partial charge in [-0.2, -0.15) is 0 Å². The van der Waals surface area contributed by atoms with Crippen molar-refractivity contribution in [3.63, 3.8) is 0 Å². The van der Waals surface area contributed by atoms with Gasteiger partial charge in [0.05, 0.1) is 5.92 Å². The normalized spacial score (nSPS) is 14.4. The Hall–Kier alpha value is -1.49. The molecule has 0 amide bonds. The molecule has 0 saturated heterocycles. The number of carbonyl (C=O) groups is 3. The lowest BCUT2D eigenvalue weighted by molar-refractivity contribution is -0.148. The van der Waals surface area contributed by atoms with Crippen molar-refractivity contribution in [3.8, 4) is 0 Å². The summed E-state index contributed by atoms with van der Waals surface area (Å²) in [4.78, 5) is 31.3. The zero-order valence-corrected chi connectivity index (χ0v) is 8.39. The second-order valence-electron chi connectivity index (χ2n) is 2.77. The molecule has 0 aliphatic carbocycles. The summed E-state index contributed by atoms with van der Waals surface area (Å²) in [6, 6.07) is 0. The topological polar surface area (TPSA) is 129 Å². The van der Waals surface area contributed by atoms with Crippen LogP contribution in [0.4, 0.5) is 0 Å². The van der Waals surface area contributed by atoms with E-state index >= 15 is 0 Å². The van der Waals surface area contributed by atoms with Crippen LogP contribution in [0, 0.1) is 5.92 Å². The van der Waals surface area contributed by atoms with Crippen LogP contribution in [0.15, 0.2) is 0 Å². The van der Waals surface area contributed by atoms with Gasteiger partial charge in [0, 0.05) is 6.42 Å². The van der Waals surface area contributed by atoms with E-state index in [1.165, 1.54) is 0 Å². The molecular formula is C7H9O7P. The molecule has 2 unspecified atom stereocenters. The van der Waals surface area contributed by atoms with Gasteiger partial charge in [0.15, 0.2) is 14.1 Å². The standard InChI is InChI=1S/C7H9O7P/c8-4(9)2-1-3(6(10)11)5(15-14)7(12)13/h3,5H,1-2H2,(H,8,9)(H,10,11)(H,12,13). The summed E-state index contributed by atoms with van der Waals surface area (Å²) in [5.41, 5.74) is -1.61. The van der Waals surface area contributed by atoms with Crippen molar-refractivity contribution in [1.29, 1.82) is 0 Å². The molecule has 0 bridgehead atoms. The van der Waals surface area contributed by atoms with Crippen molar-refractivity contribution >= 4 is 26.4 Å². The van der Waals surface area contributed by atoms with Crippen molar-refractivity contribution in [1.82, 2.24) is 0 Å². The molecule has 0 heterocycles. The smallest absolute Gasteiger partial charge is 0.319 e. The van der Waals surface area contributed by atoms with Gasteiger partial charge in [-0.15, -0.1) is 0 Å². The number of hydrogen-bond donors (Lipinski definition) is 3. The quantitative estimate of drug-likeness (QED) is 0.542. The molecule has 0 fully saturated rings. The summed E-state index contributed by atoms with van der Waals surface area (Å²) in [5, 5.41) is 25.5. The third-order valence-corrected chi connectivity index (χ3v) is 2.54. The predicted molar refractivity (Wildman–Crippen MR) is 47.0 cm³/mol. The van der Waals surface area contributed by atoms with Gasteiger partial charge in [0.2, 0.25) is 0 Å². The highest BCUT2D eigenvalue weighted by Crippen LogP contribution is 2.22. The van der Waals surface area contributed by atoms with E-state index in [1.807, 2.05) is 0 Å². The average Bonchev–Trinajstić information content (AvgIpc) is 2.10. The lowest BCUT2D eigenvalue weighted by Crippen LogP contribution is -2.31. The first-order valence-corrected chi connectivity index (χ1v) is 4.78. The molecule has 3 N–H and O–H groups in total. The van der Waals surface area contributed by atoms with Crippen molar-refractivity contribution in [2.24, 2.45) is 5.92 Å². The van der Waals surface area contributed by atoms with Crippen LogP contribution >= 0.6 is 8.46 Å². The number of carboxylic acids is 3. The lowest BCUT2D eigenvalue weighted by Gasteiger charge is -2.12. The minimum Gasteiger partial charge on any atom is -0.481 e. The SMILES string of the molecule is O=PC(C(=O)O)C(CCC(=O)O)C(=O)O. The Morgan fingerprint density at radius 1 is 1.07 bits per heavy atom. The van der Waals surface area contributed by atoms with E-state index in [0.29, 0.717) is 0 Å². The molecule has 0 aromatic heterocycles. The Bertz CT molecular complexity index is 287. The molecule has 0 aliphatic heterocycles. The van der Waals surface area contributed by atoms with Crippen molar-refractivity contribution in [3.05, 3.63) is 0 Å². The first kappa shape index (κ1) is 13.5. The lowest BCUT2D eigenvalue weighted by atomic mass is 9.99. The van der Waals surface area contributed by atoms with E-state index in [0.717, 1.165) is 0 Å². The Kier molecular flexibility index (Phi) is 5.48. The fourth-order valence-corrected chi connectivity index (χ4v) is 1.50. The predicted octanol–water partition coefficient (Wildman–Crippen LogP) is 0.297. The van der Waals surface area contributed by atoms with Crippen LogP contribution in [0.2, 0.25) is 0 Å². The maximum atomic E-state index is 10.6. The molecule has 0 saturated carbocycles. The fraction of sp³-hybridized carbons (Fsp3) is 0.571. The van der Waals surface area contributed by atoms with Crippen LogP contribution in [0.3, 0.4) is 0 Å². The highest BCUT2D eigenvalue weighted by molar-refractivity contribution is 7.26. The Morgan fingerprint density at radius 2 is 1.60 bits per heavy atom. The first-order chi connectivity index (χ1) is 6.90. The van der Waals surface area contributed by atoms with Gasteiger partial charge in [-0.25, -0.2) is 0 Å². The van der Waals surface area contributed by atoms with Crippen LogP contribution in [-0.2, 0) is 18.9 Å². The number of rotatable bonds is 7. The Labute approximate surface area is 85.9 Å². The molecule has 0 spiro atoms. The molecule has 0 rings (SSSR count). The summed E-state index contributed by atoms with van der Waals surface area (Å²) in [5.74, 6) is -5.68.